The maximum atomic E-state index is 14.5. The van der Waals surface area contributed by atoms with Crippen molar-refractivity contribution in [2.75, 3.05) is 50.1 Å². The Hall–Kier alpha value is -4.75. The average molecular weight is 565 g/mol. The van der Waals surface area contributed by atoms with Gasteiger partial charge in [0.05, 0.1) is 41.5 Å². The molecule has 1 amide bonds. The first-order valence-electron chi connectivity index (χ1n) is 12.9. The molecule has 4 aromatic rings. The van der Waals surface area contributed by atoms with Gasteiger partial charge in [-0.05, 0) is 42.8 Å². The third-order valence-electron chi connectivity index (χ3n) is 6.48. The summed E-state index contributed by atoms with van der Waals surface area (Å²) in [6, 6.07) is 11.6. The topological polar surface area (TPSA) is 132 Å². The lowest BCUT2D eigenvalue weighted by Gasteiger charge is -2.26. The lowest BCUT2D eigenvalue weighted by molar-refractivity contribution is -0.384. The van der Waals surface area contributed by atoms with Gasteiger partial charge in [0.25, 0.3) is 11.6 Å². The van der Waals surface area contributed by atoms with Crippen LogP contribution < -0.4 is 15.4 Å². The molecule has 13 heteroatoms. The second-order valence-corrected chi connectivity index (χ2v) is 9.25. The molecule has 1 fully saturated rings. The van der Waals surface area contributed by atoms with Crippen molar-refractivity contribution in [1.82, 2.24) is 14.9 Å². The number of nitrogens with one attached hydrogen (secondary N) is 2. The highest BCUT2D eigenvalue weighted by Crippen LogP contribution is 2.34. The molecule has 1 saturated heterocycles. The number of ether oxygens (including phenoxy) is 2. The number of halogens is 2. The molecule has 0 aliphatic carbocycles. The number of rotatable bonds is 10. The van der Waals surface area contributed by atoms with Crippen LogP contribution in [0.1, 0.15) is 16.8 Å². The average Bonchev–Trinajstić information content (AvgIpc) is 2.97. The number of nitro groups is 1. The minimum absolute atomic E-state index is 0.191. The molecule has 0 atom stereocenters. The van der Waals surface area contributed by atoms with Crippen molar-refractivity contribution in [3.63, 3.8) is 0 Å². The molecule has 2 heterocycles. The maximum absolute atomic E-state index is 14.5. The van der Waals surface area contributed by atoms with Gasteiger partial charge < -0.3 is 20.1 Å². The van der Waals surface area contributed by atoms with Crippen LogP contribution in [0, 0.1) is 21.7 Å². The van der Waals surface area contributed by atoms with Crippen LogP contribution >= 0.6 is 0 Å². The van der Waals surface area contributed by atoms with E-state index in [4.69, 9.17) is 9.47 Å². The number of anilines is 3. The molecule has 0 saturated carbocycles. The Morgan fingerprint density at radius 2 is 1.85 bits per heavy atom. The maximum Gasteiger partial charge on any atom is 0.270 e. The van der Waals surface area contributed by atoms with Crippen LogP contribution in [0.2, 0.25) is 0 Å². The number of carbonyl (C=O) groups is 1. The molecule has 1 aliphatic heterocycles. The van der Waals surface area contributed by atoms with Crippen LogP contribution in [0.3, 0.4) is 0 Å². The SMILES string of the molecule is O=C(Nc1cc2c(Nc3ccc(F)cc3)ncnc2cc1OCCCN1CCOCC1)c1cc([N+](=O)[O-])ccc1F. The van der Waals surface area contributed by atoms with Gasteiger partial charge in [0, 0.05) is 48.9 Å². The van der Waals surface area contributed by atoms with Crippen molar-refractivity contribution in [3.05, 3.63) is 88.2 Å². The highest BCUT2D eigenvalue weighted by Gasteiger charge is 2.20. The summed E-state index contributed by atoms with van der Waals surface area (Å²) in [6.07, 6.45) is 2.05. The fraction of sp³-hybridized carbons (Fsp3) is 0.250. The molecule has 3 aromatic carbocycles. The Bertz CT molecular complexity index is 1560. The van der Waals surface area contributed by atoms with Crippen LogP contribution in [-0.4, -0.2) is 65.2 Å². The van der Waals surface area contributed by atoms with E-state index in [1.54, 1.807) is 24.3 Å². The second kappa shape index (κ2) is 12.6. The normalized spacial score (nSPS) is 13.6. The number of non-ortho nitro benzene ring substituents is 1. The standard InChI is InChI=1S/C28H26F2N6O5/c29-18-2-4-19(5-3-18)33-27-22-15-25(34-28(37)21-14-20(36(38)39)6-7-23(21)30)26(16-24(22)31-17-32-27)41-11-1-8-35-9-12-40-13-10-35/h2-7,14-17H,1,8-13H2,(H,34,37)(H,31,32,33). The smallest absolute Gasteiger partial charge is 0.270 e. The first-order chi connectivity index (χ1) is 19.9. The van der Waals surface area contributed by atoms with Gasteiger partial charge in [0.2, 0.25) is 0 Å². The largest absolute Gasteiger partial charge is 0.491 e. The van der Waals surface area contributed by atoms with E-state index in [1.165, 1.54) is 18.5 Å². The van der Waals surface area contributed by atoms with Crippen LogP contribution in [0.25, 0.3) is 10.9 Å². The monoisotopic (exact) mass is 564 g/mol. The van der Waals surface area contributed by atoms with E-state index < -0.39 is 33.7 Å². The molecule has 0 radical (unpaired) electrons. The fourth-order valence-corrected chi connectivity index (χ4v) is 4.36. The van der Waals surface area contributed by atoms with Crippen LogP contribution in [0.15, 0.2) is 60.9 Å². The summed E-state index contributed by atoms with van der Waals surface area (Å²) in [7, 11) is 0. The molecule has 0 unspecified atom stereocenters. The molecule has 2 N–H and O–H groups in total. The zero-order chi connectivity index (χ0) is 28.8. The number of nitro benzene ring substituents is 1. The molecule has 212 valence electrons. The number of nitrogens with zero attached hydrogens (tertiary/aromatic N) is 4. The van der Waals surface area contributed by atoms with Crippen LogP contribution in [0.5, 0.6) is 5.75 Å². The zero-order valence-corrected chi connectivity index (χ0v) is 21.8. The highest BCUT2D eigenvalue weighted by molar-refractivity contribution is 6.07. The van der Waals surface area contributed by atoms with E-state index in [9.17, 15) is 23.7 Å². The zero-order valence-electron chi connectivity index (χ0n) is 21.8. The number of amides is 1. The molecular weight excluding hydrogens is 538 g/mol. The number of benzene rings is 3. The fourth-order valence-electron chi connectivity index (χ4n) is 4.36. The minimum Gasteiger partial charge on any atom is -0.491 e. The minimum atomic E-state index is -0.913. The molecule has 0 bridgehead atoms. The number of hydrogen-bond acceptors (Lipinski definition) is 9. The van der Waals surface area contributed by atoms with Gasteiger partial charge in [-0.2, -0.15) is 0 Å². The van der Waals surface area contributed by atoms with Crippen LogP contribution in [0.4, 0.5) is 31.7 Å². The summed E-state index contributed by atoms with van der Waals surface area (Å²) in [4.78, 5) is 34.5. The number of aromatic nitrogens is 2. The van der Waals surface area contributed by atoms with E-state index >= 15 is 0 Å². The number of morpholine rings is 1. The Balaban J connectivity index is 1.44. The van der Waals surface area contributed by atoms with Gasteiger partial charge in [-0.25, -0.2) is 18.7 Å². The molecular formula is C28H26F2N6O5. The van der Waals surface area contributed by atoms with Crippen molar-refractivity contribution in [2.24, 2.45) is 0 Å². The molecule has 0 spiro atoms. The Morgan fingerprint density at radius 1 is 1.07 bits per heavy atom. The van der Waals surface area contributed by atoms with Gasteiger partial charge in [0.15, 0.2) is 0 Å². The number of hydrogen-bond donors (Lipinski definition) is 2. The Kier molecular flexibility index (Phi) is 8.56. The third kappa shape index (κ3) is 6.88. The van der Waals surface area contributed by atoms with Gasteiger partial charge in [-0.1, -0.05) is 0 Å². The van der Waals surface area contributed by atoms with Crippen molar-refractivity contribution in [3.8, 4) is 5.75 Å². The van der Waals surface area contributed by atoms with Crippen molar-refractivity contribution < 1.29 is 28.0 Å². The molecule has 1 aliphatic rings. The summed E-state index contributed by atoms with van der Waals surface area (Å²) in [5.74, 6) is -1.54. The Morgan fingerprint density at radius 3 is 2.61 bits per heavy atom. The van der Waals surface area contributed by atoms with Gasteiger partial charge in [-0.3, -0.25) is 19.8 Å². The summed E-state index contributed by atoms with van der Waals surface area (Å²) in [6.45, 7) is 4.17. The van der Waals surface area contributed by atoms with E-state index in [0.717, 1.165) is 37.8 Å². The van der Waals surface area contributed by atoms with Crippen molar-refractivity contribution >= 4 is 39.7 Å². The van der Waals surface area contributed by atoms with Gasteiger partial charge in [0.1, 0.15) is 29.5 Å². The molecule has 5 rings (SSSR count). The first-order valence-corrected chi connectivity index (χ1v) is 12.9. The quantitative estimate of drug-likeness (QED) is 0.157. The number of fused-ring (bicyclic) bond motifs is 1. The Labute approximate surface area is 233 Å². The predicted molar refractivity (Wildman–Crippen MR) is 148 cm³/mol. The second-order valence-electron chi connectivity index (χ2n) is 9.25. The predicted octanol–water partition coefficient (Wildman–Crippen LogP) is 4.91. The lowest BCUT2D eigenvalue weighted by atomic mass is 10.1. The van der Waals surface area contributed by atoms with E-state index in [-0.39, 0.29) is 11.4 Å². The first kappa shape index (κ1) is 27.8. The third-order valence-corrected chi connectivity index (χ3v) is 6.48. The molecule has 11 nitrogen and oxygen atoms in total. The summed E-state index contributed by atoms with van der Waals surface area (Å²) in [5, 5.41) is 17.4. The van der Waals surface area contributed by atoms with Crippen molar-refractivity contribution in [1.29, 1.82) is 0 Å². The van der Waals surface area contributed by atoms with E-state index in [0.29, 0.717) is 48.6 Å². The van der Waals surface area contributed by atoms with Gasteiger partial charge >= 0.3 is 0 Å². The van der Waals surface area contributed by atoms with Crippen LogP contribution in [-0.2, 0) is 4.74 Å². The summed E-state index contributed by atoms with van der Waals surface area (Å²) >= 11 is 0. The van der Waals surface area contributed by atoms with E-state index in [1.807, 2.05) is 0 Å². The highest BCUT2D eigenvalue weighted by atomic mass is 19.1. The lowest BCUT2D eigenvalue weighted by Crippen LogP contribution is -2.37. The molecule has 1 aromatic heterocycles. The summed E-state index contributed by atoms with van der Waals surface area (Å²) in [5.41, 5.74) is 0.337. The van der Waals surface area contributed by atoms with Gasteiger partial charge in [-0.15, -0.1) is 0 Å². The number of carbonyl (C=O) groups excluding carboxylic acids is 1. The van der Waals surface area contributed by atoms with Crippen molar-refractivity contribution in [2.45, 2.75) is 6.42 Å². The van der Waals surface area contributed by atoms with E-state index in [2.05, 4.69) is 25.5 Å². The summed E-state index contributed by atoms with van der Waals surface area (Å²) < 4.78 is 39.3. The molecule has 41 heavy (non-hydrogen) atoms.